The van der Waals surface area contributed by atoms with E-state index in [1.807, 2.05) is 6.92 Å². The van der Waals surface area contributed by atoms with Gasteiger partial charge in [-0.2, -0.15) is 0 Å². The van der Waals surface area contributed by atoms with Gasteiger partial charge in [-0.3, -0.25) is 0 Å². The molecule has 5 heteroatoms. The van der Waals surface area contributed by atoms with Gasteiger partial charge in [-0.15, -0.1) is 12.4 Å². The Bertz CT molecular complexity index is 188. The Hall–Kier alpha value is -0.740. The minimum absolute atomic E-state index is 0. The smallest absolute Gasteiger partial charge is 0.407 e. The molecule has 0 unspecified atom stereocenters. The van der Waals surface area contributed by atoms with Crippen molar-refractivity contribution in [2.24, 2.45) is 11.7 Å². The first-order valence-corrected chi connectivity index (χ1v) is 4.89. The predicted octanol–water partition coefficient (Wildman–Crippen LogP) is 1.69. The van der Waals surface area contributed by atoms with Gasteiger partial charge < -0.3 is 15.8 Å². The van der Waals surface area contributed by atoms with Crippen LogP contribution in [0.1, 0.15) is 20.3 Å². The van der Waals surface area contributed by atoms with E-state index < -0.39 is 6.09 Å². The van der Waals surface area contributed by atoms with E-state index in [-0.39, 0.29) is 25.1 Å². The highest BCUT2D eigenvalue weighted by Gasteiger charge is 2.16. The SMILES string of the molecule is C=CCOC(=O)N[C@H](CN)[C@@H](C)CC.Cl. The molecule has 90 valence electrons. The predicted molar refractivity (Wildman–Crippen MR) is 64.2 cm³/mol. The highest BCUT2D eigenvalue weighted by Crippen LogP contribution is 2.06. The van der Waals surface area contributed by atoms with Crippen LogP contribution in [0.5, 0.6) is 0 Å². The van der Waals surface area contributed by atoms with E-state index in [4.69, 9.17) is 10.5 Å². The van der Waals surface area contributed by atoms with Gasteiger partial charge in [0.05, 0.1) is 0 Å². The van der Waals surface area contributed by atoms with Crippen LogP contribution < -0.4 is 11.1 Å². The number of ether oxygens (including phenoxy) is 1. The number of nitrogens with two attached hydrogens (primary N) is 1. The number of nitrogens with one attached hydrogen (secondary N) is 1. The quantitative estimate of drug-likeness (QED) is 0.690. The first-order chi connectivity index (χ1) is 6.65. The molecule has 0 aliphatic carbocycles. The number of hydrogen-bond acceptors (Lipinski definition) is 3. The van der Waals surface area contributed by atoms with Crippen molar-refractivity contribution in [3.8, 4) is 0 Å². The highest BCUT2D eigenvalue weighted by molar-refractivity contribution is 5.85. The molecule has 0 aromatic rings. The van der Waals surface area contributed by atoms with Crippen molar-refractivity contribution in [1.29, 1.82) is 0 Å². The molecule has 15 heavy (non-hydrogen) atoms. The Morgan fingerprint density at radius 1 is 1.67 bits per heavy atom. The van der Waals surface area contributed by atoms with Gasteiger partial charge in [0.25, 0.3) is 0 Å². The summed E-state index contributed by atoms with van der Waals surface area (Å²) in [6, 6.07) is -0.0164. The molecule has 0 rings (SSSR count). The van der Waals surface area contributed by atoms with E-state index >= 15 is 0 Å². The minimum Gasteiger partial charge on any atom is -0.445 e. The number of carbonyl (C=O) groups is 1. The van der Waals surface area contributed by atoms with E-state index in [1.54, 1.807) is 0 Å². The fourth-order valence-electron chi connectivity index (χ4n) is 1.05. The molecular formula is C10H21ClN2O2. The standard InChI is InChI=1S/C10H20N2O2.ClH/c1-4-6-14-10(13)12-9(7-11)8(3)5-2;/h4,8-9H,1,5-7,11H2,2-3H3,(H,12,13);1H/t8-,9+;/m0./s1. The number of halogens is 1. The Kier molecular flexibility index (Phi) is 10.9. The van der Waals surface area contributed by atoms with Crippen LogP contribution in [0.2, 0.25) is 0 Å². The zero-order valence-corrected chi connectivity index (χ0v) is 10.2. The van der Waals surface area contributed by atoms with Crippen molar-refractivity contribution in [3.63, 3.8) is 0 Å². The van der Waals surface area contributed by atoms with Crippen molar-refractivity contribution < 1.29 is 9.53 Å². The van der Waals surface area contributed by atoms with Crippen LogP contribution in [0.15, 0.2) is 12.7 Å². The number of amides is 1. The topological polar surface area (TPSA) is 64.3 Å². The van der Waals surface area contributed by atoms with E-state index in [0.29, 0.717) is 12.5 Å². The highest BCUT2D eigenvalue weighted by atomic mass is 35.5. The van der Waals surface area contributed by atoms with E-state index in [9.17, 15) is 4.79 Å². The molecule has 0 bridgehead atoms. The Morgan fingerprint density at radius 2 is 2.27 bits per heavy atom. The van der Waals surface area contributed by atoms with Crippen LogP contribution in [0.25, 0.3) is 0 Å². The molecule has 0 saturated heterocycles. The molecule has 0 saturated carbocycles. The van der Waals surface area contributed by atoms with Crippen LogP contribution in [0, 0.1) is 5.92 Å². The first kappa shape index (κ1) is 16.7. The number of rotatable bonds is 6. The lowest BCUT2D eigenvalue weighted by atomic mass is 10.00. The average Bonchev–Trinajstić information content (AvgIpc) is 2.21. The van der Waals surface area contributed by atoms with Gasteiger partial charge in [0.1, 0.15) is 6.61 Å². The number of carbonyl (C=O) groups excluding carboxylic acids is 1. The second kappa shape index (κ2) is 9.80. The van der Waals surface area contributed by atoms with Crippen molar-refractivity contribution in [1.82, 2.24) is 5.32 Å². The largest absolute Gasteiger partial charge is 0.445 e. The fraction of sp³-hybridized carbons (Fsp3) is 0.700. The minimum atomic E-state index is -0.430. The van der Waals surface area contributed by atoms with Gasteiger partial charge >= 0.3 is 6.09 Å². The van der Waals surface area contributed by atoms with Gasteiger partial charge in [0.2, 0.25) is 0 Å². The summed E-state index contributed by atoms with van der Waals surface area (Å²) in [4.78, 5) is 11.2. The zero-order valence-electron chi connectivity index (χ0n) is 9.36. The first-order valence-electron chi connectivity index (χ1n) is 4.89. The third-order valence-corrected chi connectivity index (χ3v) is 2.22. The van der Waals surface area contributed by atoms with Gasteiger partial charge in [-0.1, -0.05) is 32.9 Å². The molecule has 4 nitrogen and oxygen atoms in total. The maximum atomic E-state index is 11.2. The normalized spacial score (nSPS) is 13.3. The third kappa shape index (κ3) is 7.22. The molecule has 0 aromatic heterocycles. The van der Waals surface area contributed by atoms with Crippen molar-refractivity contribution in [2.75, 3.05) is 13.2 Å². The van der Waals surface area contributed by atoms with Crippen molar-refractivity contribution >= 4 is 18.5 Å². The molecule has 0 aliphatic rings. The van der Waals surface area contributed by atoms with Gasteiger partial charge in [0.15, 0.2) is 0 Å². The summed E-state index contributed by atoms with van der Waals surface area (Å²) in [5, 5.41) is 2.72. The lowest BCUT2D eigenvalue weighted by molar-refractivity contribution is 0.150. The molecule has 3 N–H and O–H groups in total. The van der Waals surface area contributed by atoms with Crippen LogP contribution in [-0.2, 0) is 4.74 Å². The summed E-state index contributed by atoms with van der Waals surface area (Å²) in [5.41, 5.74) is 5.54. The van der Waals surface area contributed by atoms with Gasteiger partial charge in [-0.25, -0.2) is 4.79 Å². The van der Waals surface area contributed by atoms with Crippen LogP contribution in [0.3, 0.4) is 0 Å². The summed E-state index contributed by atoms with van der Waals surface area (Å²) < 4.78 is 4.79. The monoisotopic (exact) mass is 236 g/mol. The van der Waals surface area contributed by atoms with Crippen molar-refractivity contribution in [2.45, 2.75) is 26.3 Å². The maximum Gasteiger partial charge on any atom is 0.407 e. The molecule has 0 aromatic carbocycles. The molecule has 1 amide bonds. The second-order valence-corrected chi connectivity index (χ2v) is 3.26. The lowest BCUT2D eigenvalue weighted by Crippen LogP contribution is -2.44. The molecule has 0 radical (unpaired) electrons. The molecule has 0 heterocycles. The summed E-state index contributed by atoms with van der Waals surface area (Å²) in [6.45, 7) is 8.21. The molecule has 0 spiro atoms. The summed E-state index contributed by atoms with van der Waals surface area (Å²) in [6.07, 6.45) is 2.07. The summed E-state index contributed by atoms with van der Waals surface area (Å²) in [5.74, 6) is 0.358. The van der Waals surface area contributed by atoms with E-state index in [2.05, 4.69) is 18.8 Å². The Labute approximate surface area is 97.7 Å². The molecular weight excluding hydrogens is 216 g/mol. The third-order valence-electron chi connectivity index (χ3n) is 2.22. The van der Waals surface area contributed by atoms with E-state index in [0.717, 1.165) is 6.42 Å². The van der Waals surface area contributed by atoms with Gasteiger partial charge in [-0.05, 0) is 5.92 Å². The zero-order chi connectivity index (χ0) is 11.0. The molecule has 0 aliphatic heterocycles. The maximum absolute atomic E-state index is 11.2. The molecule has 2 atom stereocenters. The van der Waals surface area contributed by atoms with E-state index in [1.165, 1.54) is 6.08 Å². The van der Waals surface area contributed by atoms with Crippen molar-refractivity contribution in [3.05, 3.63) is 12.7 Å². The van der Waals surface area contributed by atoms with Gasteiger partial charge in [0, 0.05) is 12.6 Å². The number of alkyl carbamates (subject to hydrolysis) is 1. The lowest BCUT2D eigenvalue weighted by Gasteiger charge is -2.21. The van der Waals surface area contributed by atoms with Crippen LogP contribution >= 0.6 is 12.4 Å². The average molecular weight is 237 g/mol. The second-order valence-electron chi connectivity index (χ2n) is 3.26. The molecule has 0 fully saturated rings. The van der Waals surface area contributed by atoms with Crippen LogP contribution in [-0.4, -0.2) is 25.3 Å². The Morgan fingerprint density at radius 3 is 2.67 bits per heavy atom. The summed E-state index contributed by atoms with van der Waals surface area (Å²) in [7, 11) is 0. The van der Waals surface area contributed by atoms with Crippen LogP contribution in [0.4, 0.5) is 4.79 Å². The summed E-state index contributed by atoms with van der Waals surface area (Å²) >= 11 is 0. The Balaban J connectivity index is 0. The fourth-order valence-corrected chi connectivity index (χ4v) is 1.05. The number of hydrogen-bond donors (Lipinski definition) is 2.